The van der Waals surface area contributed by atoms with Gasteiger partial charge in [0.05, 0.1) is 13.2 Å². The number of carboxylic acids is 1. The third-order valence-electron chi connectivity index (χ3n) is 9.84. The maximum Gasteiger partial charge on any atom is 0.472 e. The normalized spacial score (nSPS) is 14.1. The van der Waals surface area contributed by atoms with E-state index in [9.17, 15) is 23.8 Å². The summed E-state index contributed by atoms with van der Waals surface area (Å²) in [6.45, 7) is 2.69. The lowest BCUT2D eigenvalue weighted by Gasteiger charge is -2.20. The smallest absolute Gasteiger partial charge is 0.472 e. The van der Waals surface area contributed by atoms with E-state index in [0.717, 1.165) is 70.6 Å². The lowest BCUT2D eigenvalue weighted by molar-refractivity contribution is -0.161. The Morgan fingerprint density at radius 2 is 0.949 bits per heavy atom. The van der Waals surface area contributed by atoms with E-state index in [1.165, 1.54) is 89.9 Å². The molecule has 0 amide bonds. The molecule has 12 heteroatoms. The molecule has 0 rings (SSSR count). The molecule has 342 valence electrons. The third kappa shape index (κ3) is 41.9. The largest absolute Gasteiger partial charge is 0.480 e. The number of nitrogens with two attached hydrogens (primary N) is 1. The summed E-state index contributed by atoms with van der Waals surface area (Å²) >= 11 is 0. The molecule has 0 aliphatic rings. The molecule has 0 saturated heterocycles. The van der Waals surface area contributed by atoms with Crippen LogP contribution >= 0.6 is 7.82 Å². The van der Waals surface area contributed by atoms with Gasteiger partial charge in [0, 0.05) is 12.8 Å². The van der Waals surface area contributed by atoms with Gasteiger partial charge in [-0.05, 0) is 51.4 Å². The molecular formula is C47H84NO10P. The molecule has 0 bridgehead atoms. The fourth-order valence-electron chi connectivity index (χ4n) is 6.23. The zero-order chi connectivity index (χ0) is 43.5. The first kappa shape index (κ1) is 56.4. The number of carbonyl (C=O) groups is 3. The number of phosphoric ester groups is 1. The van der Waals surface area contributed by atoms with Crippen molar-refractivity contribution < 1.29 is 47.5 Å². The molecular weight excluding hydrogens is 769 g/mol. The van der Waals surface area contributed by atoms with Crippen molar-refractivity contribution >= 4 is 25.7 Å². The Bertz CT molecular complexity index is 1190. The van der Waals surface area contributed by atoms with Gasteiger partial charge in [-0.25, -0.2) is 4.57 Å². The fraction of sp³-hybridized carbons (Fsp3) is 0.766. The minimum absolute atomic E-state index is 0.156. The van der Waals surface area contributed by atoms with Gasteiger partial charge in [0.1, 0.15) is 12.6 Å². The molecule has 59 heavy (non-hydrogen) atoms. The van der Waals surface area contributed by atoms with Crippen molar-refractivity contribution in [3.05, 3.63) is 48.6 Å². The van der Waals surface area contributed by atoms with Gasteiger partial charge in [-0.2, -0.15) is 0 Å². The van der Waals surface area contributed by atoms with E-state index in [-0.39, 0.29) is 19.4 Å². The zero-order valence-corrected chi connectivity index (χ0v) is 38.0. The molecule has 3 unspecified atom stereocenters. The molecule has 0 aromatic carbocycles. The minimum Gasteiger partial charge on any atom is -0.480 e. The summed E-state index contributed by atoms with van der Waals surface area (Å²) in [4.78, 5) is 46.0. The number of carboxylic acid groups (broad SMARTS) is 1. The fourth-order valence-corrected chi connectivity index (χ4v) is 7.01. The number of esters is 2. The number of ether oxygens (including phenoxy) is 2. The Hall–Kier alpha value is -2.56. The Kier molecular flexibility index (Phi) is 40.3. The average Bonchev–Trinajstić information content (AvgIpc) is 3.21. The molecule has 0 aliphatic carbocycles. The van der Waals surface area contributed by atoms with Crippen LogP contribution in [-0.2, 0) is 37.5 Å². The molecule has 0 heterocycles. The van der Waals surface area contributed by atoms with Crippen LogP contribution in [-0.4, -0.2) is 59.9 Å². The molecule has 0 spiro atoms. The number of aliphatic carboxylic acids is 1. The summed E-state index contributed by atoms with van der Waals surface area (Å²) in [6, 6.07) is -1.52. The second kappa shape index (κ2) is 42.1. The predicted octanol–water partition coefficient (Wildman–Crippen LogP) is 12.6. The van der Waals surface area contributed by atoms with Gasteiger partial charge in [0.25, 0.3) is 0 Å². The highest BCUT2D eigenvalue weighted by atomic mass is 31.2. The van der Waals surface area contributed by atoms with Crippen molar-refractivity contribution in [2.24, 2.45) is 5.73 Å². The number of hydrogen-bond donors (Lipinski definition) is 3. The highest BCUT2D eigenvalue weighted by Crippen LogP contribution is 2.43. The van der Waals surface area contributed by atoms with Crippen molar-refractivity contribution in [3.8, 4) is 0 Å². The van der Waals surface area contributed by atoms with Crippen LogP contribution in [0.1, 0.15) is 200 Å². The lowest BCUT2D eigenvalue weighted by Crippen LogP contribution is -2.34. The van der Waals surface area contributed by atoms with E-state index in [4.69, 9.17) is 24.8 Å². The predicted molar refractivity (Wildman–Crippen MR) is 240 cm³/mol. The highest BCUT2D eigenvalue weighted by Gasteiger charge is 2.28. The minimum atomic E-state index is -4.72. The van der Waals surface area contributed by atoms with E-state index in [1.54, 1.807) is 0 Å². The van der Waals surface area contributed by atoms with E-state index in [2.05, 4.69) is 67.0 Å². The van der Waals surface area contributed by atoms with Crippen molar-refractivity contribution in [3.63, 3.8) is 0 Å². The van der Waals surface area contributed by atoms with E-state index < -0.39 is 51.1 Å². The van der Waals surface area contributed by atoms with Crippen molar-refractivity contribution in [1.29, 1.82) is 0 Å². The Morgan fingerprint density at radius 1 is 0.542 bits per heavy atom. The Labute approximate surface area is 358 Å². The number of carbonyl (C=O) groups excluding carboxylic acids is 2. The van der Waals surface area contributed by atoms with Crippen molar-refractivity contribution in [1.82, 2.24) is 0 Å². The molecule has 0 aromatic rings. The summed E-state index contributed by atoms with van der Waals surface area (Å²) in [5.41, 5.74) is 5.34. The number of phosphoric acid groups is 1. The van der Waals surface area contributed by atoms with Crippen LogP contribution in [0.5, 0.6) is 0 Å². The molecule has 11 nitrogen and oxygen atoms in total. The van der Waals surface area contributed by atoms with Gasteiger partial charge in [-0.1, -0.05) is 184 Å². The highest BCUT2D eigenvalue weighted by molar-refractivity contribution is 7.47. The third-order valence-corrected chi connectivity index (χ3v) is 10.8. The SMILES string of the molecule is CC/C=C\C/C=C\C/C=C\C/C=C\CCCCCCCCCCCCC(=O)OC(COC(=O)CCCCCCCCCCCCCC)COP(=O)(O)OCC(N)C(=O)O. The summed E-state index contributed by atoms with van der Waals surface area (Å²) in [6.07, 6.45) is 47.4. The van der Waals surface area contributed by atoms with E-state index in [0.29, 0.717) is 12.8 Å². The topological polar surface area (TPSA) is 172 Å². The summed E-state index contributed by atoms with van der Waals surface area (Å²) in [5.74, 6) is -2.38. The van der Waals surface area contributed by atoms with Crippen LogP contribution in [0.15, 0.2) is 48.6 Å². The lowest BCUT2D eigenvalue weighted by atomic mass is 10.0. The summed E-state index contributed by atoms with van der Waals surface area (Å²) < 4.78 is 32.7. The maximum atomic E-state index is 12.7. The Morgan fingerprint density at radius 3 is 1.42 bits per heavy atom. The Balaban J connectivity index is 4.26. The van der Waals surface area contributed by atoms with Crippen LogP contribution in [0.3, 0.4) is 0 Å². The van der Waals surface area contributed by atoms with Crippen LogP contribution in [0.25, 0.3) is 0 Å². The number of hydrogen-bond acceptors (Lipinski definition) is 9. The molecule has 3 atom stereocenters. The molecule has 0 fully saturated rings. The first-order chi connectivity index (χ1) is 28.6. The van der Waals surface area contributed by atoms with E-state index in [1.807, 2.05) is 0 Å². The van der Waals surface area contributed by atoms with Crippen molar-refractivity contribution in [2.45, 2.75) is 212 Å². The maximum absolute atomic E-state index is 12.7. The second-order valence-electron chi connectivity index (χ2n) is 15.5. The number of rotatable bonds is 43. The van der Waals surface area contributed by atoms with Gasteiger partial charge < -0.3 is 25.2 Å². The monoisotopic (exact) mass is 854 g/mol. The van der Waals surface area contributed by atoms with Gasteiger partial charge >= 0.3 is 25.7 Å². The van der Waals surface area contributed by atoms with Crippen LogP contribution in [0.4, 0.5) is 0 Å². The standard InChI is InChI=1S/C47H84NO10P/c1-3-5-7-9-11-13-15-17-18-19-20-21-22-23-24-25-26-27-29-31-33-35-37-39-46(50)58-43(41-56-59(53,54)57-42-44(48)47(51)52)40-55-45(49)38-36-34-32-30-28-16-14-12-10-8-6-4-2/h5,7,11,13,17-18,20-21,43-44H,3-4,6,8-10,12,14-16,19,22-42,48H2,1-2H3,(H,51,52)(H,53,54)/b7-5-,13-11-,18-17-,21-20-. The molecule has 0 aliphatic heterocycles. The van der Waals surface area contributed by atoms with Crippen LogP contribution in [0.2, 0.25) is 0 Å². The molecule has 0 radical (unpaired) electrons. The second-order valence-corrected chi connectivity index (χ2v) is 17.0. The zero-order valence-electron chi connectivity index (χ0n) is 37.1. The quantitative estimate of drug-likeness (QED) is 0.0231. The van der Waals surface area contributed by atoms with Gasteiger partial charge in [-0.3, -0.25) is 23.4 Å². The first-order valence-corrected chi connectivity index (χ1v) is 24.7. The van der Waals surface area contributed by atoms with Gasteiger partial charge in [0.2, 0.25) is 0 Å². The molecule has 0 aromatic heterocycles. The van der Waals surface area contributed by atoms with Crippen LogP contribution in [0, 0.1) is 0 Å². The molecule has 4 N–H and O–H groups in total. The van der Waals surface area contributed by atoms with E-state index >= 15 is 0 Å². The average molecular weight is 854 g/mol. The number of unbranched alkanes of at least 4 members (excludes halogenated alkanes) is 21. The van der Waals surface area contributed by atoms with Gasteiger partial charge in [0.15, 0.2) is 6.10 Å². The van der Waals surface area contributed by atoms with Crippen LogP contribution < -0.4 is 5.73 Å². The molecule has 0 saturated carbocycles. The van der Waals surface area contributed by atoms with Gasteiger partial charge in [-0.15, -0.1) is 0 Å². The first-order valence-electron chi connectivity index (χ1n) is 23.2. The summed E-state index contributed by atoms with van der Waals surface area (Å²) in [5, 5.41) is 8.90. The summed E-state index contributed by atoms with van der Waals surface area (Å²) in [7, 11) is -4.72. The van der Waals surface area contributed by atoms with Crippen molar-refractivity contribution in [2.75, 3.05) is 19.8 Å². The number of allylic oxidation sites excluding steroid dienone is 8.